The molecule has 1 saturated heterocycles. The van der Waals surface area contributed by atoms with Crippen molar-refractivity contribution < 1.29 is 9.18 Å². The number of hydrogen-bond donors (Lipinski definition) is 3. The van der Waals surface area contributed by atoms with Crippen LogP contribution in [0.1, 0.15) is 49.3 Å². The molecular formula is C23H29FN4O. The van der Waals surface area contributed by atoms with Gasteiger partial charge in [-0.15, -0.1) is 0 Å². The molecule has 0 aliphatic carbocycles. The molecule has 0 radical (unpaired) electrons. The van der Waals surface area contributed by atoms with E-state index >= 15 is 0 Å². The lowest BCUT2D eigenvalue weighted by Gasteiger charge is -2.33. The van der Waals surface area contributed by atoms with Crippen molar-refractivity contribution in [3.63, 3.8) is 0 Å². The number of benzene rings is 2. The number of likely N-dealkylation sites (tertiary alicyclic amines) is 1. The van der Waals surface area contributed by atoms with Crippen molar-refractivity contribution in [2.75, 3.05) is 18.4 Å². The first-order valence-corrected chi connectivity index (χ1v) is 10.1. The van der Waals surface area contributed by atoms with Crippen LogP contribution in [0.3, 0.4) is 0 Å². The molecule has 0 atom stereocenters. The van der Waals surface area contributed by atoms with Gasteiger partial charge in [-0.2, -0.15) is 0 Å². The molecule has 0 spiro atoms. The number of piperidine rings is 1. The molecule has 0 aromatic heterocycles. The summed E-state index contributed by atoms with van der Waals surface area (Å²) < 4.78 is 13.1. The maximum atomic E-state index is 13.1. The summed E-state index contributed by atoms with van der Waals surface area (Å²) in [6.45, 7) is 7.48. The van der Waals surface area contributed by atoms with Gasteiger partial charge >= 0.3 is 6.03 Å². The van der Waals surface area contributed by atoms with E-state index in [1.165, 1.54) is 23.9 Å². The van der Waals surface area contributed by atoms with E-state index in [0.717, 1.165) is 48.4 Å². The van der Waals surface area contributed by atoms with E-state index < -0.39 is 0 Å². The Kier molecular flexibility index (Phi) is 6.52. The van der Waals surface area contributed by atoms with Gasteiger partial charge in [-0.25, -0.2) is 9.18 Å². The molecule has 2 aromatic rings. The first-order chi connectivity index (χ1) is 13.9. The third kappa shape index (κ3) is 5.13. The molecule has 2 aromatic carbocycles. The van der Waals surface area contributed by atoms with Gasteiger partial charge in [-0.05, 0) is 87.1 Å². The van der Waals surface area contributed by atoms with E-state index in [1.807, 2.05) is 18.7 Å². The van der Waals surface area contributed by atoms with Crippen LogP contribution in [-0.2, 0) is 0 Å². The van der Waals surface area contributed by atoms with Gasteiger partial charge in [0.2, 0.25) is 0 Å². The van der Waals surface area contributed by atoms with Crippen molar-refractivity contribution in [1.29, 1.82) is 5.41 Å². The second kappa shape index (κ2) is 9.07. The summed E-state index contributed by atoms with van der Waals surface area (Å²) >= 11 is 0. The number of urea groups is 1. The zero-order valence-electron chi connectivity index (χ0n) is 17.3. The highest BCUT2D eigenvalue weighted by Gasteiger charge is 2.25. The summed E-state index contributed by atoms with van der Waals surface area (Å²) in [6, 6.07) is 10.5. The van der Waals surface area contributed by atoms with Crippen molar-refractivity contribution in [2.45, 2.75) is 45.6 Å². The lowest BCUT2D eigenvalue weighted by Crippen LogP contribution is -2.46. The second-order valence-corrected chi connectivity index (χ2v) is 7.94. The topological polar surface area (TPSA) is 68.2 Å². The molecule has 0 saturated carbocycles. The van der Waals surface area contributed by atoms with Crippen LogP contribution < -0.4 is 10.6 Å². The first kappa shape index (κ1) is 20.8. The molecule has 1 heterocycles. The Morgan fingerprint density at radius 3 is 2.45 bits per heavy atom. The first-order valence-electron chi connectivity index (χ1n) is 10.1. The van der Waals surface area contributed by atoms with Gasteiger partial charge in [0.05, 0.1) is 0 Å². The minimum Gasteiger partial charge on any atom is -0.355 e. The Morgan fingerprint density at radius 1 is 1.21 bits per heavy atom. The molecule has 5 nitrogen and oxygen atoms in total. The molecule has 3 rings (SSSR count). The van der Waals surface area contributed by atoms with Crippen molar-refractivity contribution in [2.24, 2.45) is 0 Å². The van der Waals surface area contributed by atoms with E-state index in [4.69, 9.17) is 5.41 Å². The third-order valence-corrected chi connectivity index (χ3v) is 5.35. The number of hydrogen-bond acceptors (Lipinski definition) is 3. The van der Waals surface area contributed by atoms with Crippen molar-refractivity contribution in [1.82, 2.24) is 10.2 Å². The highest BCUT2D eigenvalue weighted by Crippen LogP contribution is 2.34. The fourth-order valence-electron chi connectivity index (χ4n) is 3.83. The van der Waals surface area contributed by atoms with Crippen LogP contribution in [0.15, 0.2) is 36.4 Å². The average molecular weight is 397 g/mol. The van der Waals surface area contributed by atoms with Gasteiger partial charge in [0, 0.05) is 42.3 Å². The summed E-state index contributed by atoms with van der Waals surface area (Å²) in [6.07, 6.45) is 3.17. The van der Waals surface area contributed by atoms with E-state index in [0.29, 0.717) is 5.92 Å². The molecule has 0 unspecified atom stereocenters. The van der Waals surface area contributed by atoms with Crippen LogP contribution >= 0.6 is 0 Å². The van der Waals surface area contributed by atoms with Crippen LogP contribution in [0.2, 0.25) is 0 Å². The van der Waals surface area contributed by atoms with Crippen LogP contribution in [0.25, 0.3) is 0 Å². The van der Waals surface area contributed by atoms with Gasteiger partial charge in [0.15, 0.2) is 0 Å². The summed E-state index contributed by atoms with van der Waals surface area (Å²) in [7, 11) is 0. The number of carbonyl (C=O) groups excluding carboxylic acids is 1. The molecule has 29 heavy (non-hydrogen) atoms. The molecule has 1 aliphatic rings. The number of amides is 2. The van der Waals surface area contributed by atoms with Gasteiger partial charge < -0.3 is 20.9 Å². The molecular weight excluding hydrogens is 367 g/mol. The number of anilines is 2. The standard InChI is InChI=1S/C23H29FN4O/c1-15(2)26-23(29)28-10-8-17(9-11-28)21-13-18(14-25)22(12-16(21)3)27-20-6-4-19(24)5-7-20/h4-7,12-15,17,25,27H,8-11H2,1-3H3,(H,26,29). The van der Waals surface area contributed by atoms with Crippen LogP contribution in [-0.4, -0.2) is 36.3 Å². The lowest BCUT2D eigenvalue weighted by molar-refractivity contribution is 0.179. The second-order valence-electron chi connectivity index (χ2n) is 7.94. The number of aryl methyl sites for hydroxylation is 1. The van der Waals surface area contributed by atoms with Crippen LogP contribution in [0.4, 0.5) is 20.6 Å². The minimum absolute atomic E-state index is 0.00852. The maximum absolute atomic E-state index is 13.1. The Labute approximate surface area is 171 Å². The Hall–Kier alpha value is -2.89. The largest absolute Gasteiger partial charge is 0.355 e. The SMILES string of the molecule is Cc1cc(Nc2ccc(F)cc2)c(C=N)cc1C1CCN(C(=O)NC(C)C)CC1. The normalized spacial score (nSPS) is 14.7. The smallest absolute Gasteiger partial charge is 0.317 e. The van der Waals surface area contributed by atoms with Gasteiger partial charge in [-0.3, -0.25) is 0 Å². The molecule has 2 amide bonds. The van der Waals surface area contributed by atoms with Gasteiger partial charge in [0.25, 0.3) is 0 Å². The van der Waals surface area contributed by atoms with Crippen LogP contribution in [0.5, 0.6) is 0 Å². The number of halogens is 1. The number of carbonyl (C=O) groups is 1. The van der Waals surface area contributed by atoms with Crippen molar-refractivity contribution in [3.8, 4) is 0 Å². The quantitative estimate of drug-likeness (QED) is 0.610. The molecule has 1 fully saturated rings. The zero-order chi connectivity index (χ0) is 21.0. The van der Waals surface area contributed by atoms with E-state index in [-0.39, 0.29) is 17.9 Å². The van der Waals surface area contributed by atoms with Gasteiger partial charge in [-0.1, -0.05) is 0 Å². The molecule has 6 heteroatoms. The third-order valence-electron chi connectivity index (χ3n) is 5.35. The highest BCUT2D eigenvalue weighted by atomic mass is 19.1. The summed E-state index contributed by atoms with van der Waals surface area (Å²) in [5.41, 5.74) is 4.81. The van der Waals surface area contributed by atoms with Gasteiger partial charge in [0.1, 0.15) is 5.82 Å². The van der Waals surface area contributed by atoms with Crippen molar-refractivity contribution in [3.05, 3.63) is 58.9 Å². The highest BCUT2D eigenvalue weighted by molar-refractivity contribution is 5.88. The number of rotatable bonds is 5. The fourth-order valence-corrected chi connectivity index (χ4v) is 3.83. The Bertz CT molecular complexity index is 871. The van der Waals surface area contributed by atoms with E-state index in [9.17, 15) is 9.18 Å². The summed E-state index contributed by atoms with van der Waals surface area (Å²) in [5, 5.41) is 14.1. The lowest BCUT2D eigenvalue weighted by atomic mass is 9.85. The fraction of sp³-hybridized carbons (Fsp3) is 0.391. The molecule has 154 valence electrons. The monoisotopic (exact) mass is 396 g/mol. The molecule has 1 aliphatic heterocycles. The van der Waals surface area contributed by atoms with E-state index in [2.05, 4.69) is 29.7 Å². The maximum Gasteiger partial charge on any atom is 0.317 e. The van der Waals surface area contributed by atoms with Crippen LogP contribution in [0, 0.1) is 18.2 Å². The van der Waals surface area contributed by atoms with Crippen molar-refractivity contribution >= 4 is 23.6 Å². The van der Waals surface area contributed by atoms with E-state index in [1.54, 1.807) is 12.1 Å². The minimum atomic E-state index is -0.275. The number of nitrogens with one attached hydrogen (secondary N) is 3. The zero-order valence-corrected chi connectivity index (χ0v) is 17.3. The number of nitrogens with zero attached hydrogens (tertiary/aromatic N) is 1. The summed E-state index contributed by atoms with van der Waals surface area (Å²) in [5.74, 6) is 0.0967. The Balaban J connectivity index is 1.73. The Morgan fingerprint density at radius 2 is 1.86 bits per heavy atom. The molecule has 3 N–H and O–H groups in total. The predicted molar refractivity (Wildman–Crippen MR) is 116 cm³/mol. The summed E-state index contributed by atoms with van der Waals surface area (Å²) in [4.78, 5) is 14.1. The molecule has 0 bridgehead atoms. The predicted octanol–water partition coefficient (Wildman–Crippen LogP) is 5.17. The average Bonchev–Trinajstić information content (AvgIpc) is 2.69.